The summed E-state index contributed by atoms with van der Waals surface area (Å²) in [6.45, 7) is 2.27. The first-order valence-corrected chi connectivity index (χ1v) is 5.55. The summed E-state index contributed by atoms with van der Waals surface area (Å²) in [6.07, 6.45) is -2.11. The molecule has 1 rings (SSSR count). The number of esters is 2. The molecule has 0 aliphatic heterocycles. The Labute approximate surface area is 104 Å². The van der Waals surface area contributed by atoms with E-state index in [0.717, 1.165) is 13.8 Å². The van der Waals surface area contributed by atoms with Crippen molar-refractivity contribution < 1.29 is 34.1 Å². The molecule has 0 aromatic rings. The number of carboxylic acid groups (broad SMARTS) is 1. The predicted molar refractivity (Wildman–Crippen MR) is 57.5 cm³/mol. The van der Waals surface area contributed by atoms with Gasteiger partial charge < -0.3 is 19.7 Å². The number of carbonyl (C=O) groups excluding carboxylic acids is 2. The minimum Gasteiger partial charge on any atom is -0.478 e. The summed E-state index contributed by atoms with van der Waals surface area (Å²) in [5, 5.41) is 18.8. The van der Waals surface area contributed by atoms with Crippen LogP contribution in [0.5, 0.6) is 0 Å². The van der Waals surface area contributed by atoms with Crippen LogP contribution < -0.4 is 0 Å². The standard InChI is InChI=1S/C11H16O7/c1-6(12)17-9-5-11(10(15)16,18-7(2)13)4-3-8(9)14/h8-9,14H,3-5H2,1-2H3,(H,15,16)/t8-,9-,11+/m1/s1. The summed E-state index contributed by atoms with van der Waals surface area (Å²) in [4.78, 5) is 33.1. The van der Waals surface area contributed by atoms with Gasteiger partial charge in [0.25, 0.3) is 0 Å². The first kappa shape index (κ1) is 14.4. The van der Waals surface area contributed by atoms with Crippen LogP contribution >= 0.6 is 0 Å². The van der Waals surface area contributed by atoms with Gasteiger partial charge in [0.15, 0.2) is 0 Å². The molecular weight excluding hydrogens is 244 g/mol. The average molecular weight is 260 g/mol. The molecule has 1 aliphatic rings. The summed E-state index contributed by atoms with van der Waals surface area (Å²) in [5.74, 6) is -2.65. The van der Waals surface area contributed by atoms with Gasteiger partial charge >= 0.3 is 17.9 Å². The molecule has 0 unspecified atom stereocenters. The van der Waals surface area contributed by atoms with Crippen molar-refractivity contribution in [2.75, 3.05) is 0 Å². The highest BCUT2D eigenvalue weighted by molar-refractivity contribution is 5.81. The fourth-order valence-corrected chi connectivity index (χ4v) is 2.07. The fraction of sp³-hybridized carbons (Fsp3) is 0.727. The molecule has 7 heteroatoms. The molecule has 18 heavy (non-hydrogen) atoms. The topological polar surface area (TPSA) is 110 Å². The summed E-state index contributed by atoms with van der Waals surface area (Å²) in [7, 11) is 0. The molecule has 1 saturated carbocycles. The van der Waals surface area contributed by atoms with E-state index in [1.807, 2.05) is 0 Å². The van der Waals surface area contributed by atoms with Gasteiger partial charge in [0, 0.05) is 26.7 Å². The lowest BCUT2D eigenvalue weighted by Gasteiger charge is -2.38. The molecule has 102 valence electrons. The molecule has 0 aromatic heterocycles. The summed E-state index contributed by atoms with van der Waals surface area (Å²) in [5.41, 5.74) is -1.73. The second kappa shape index (κ2) is 5.34. The van der Waals surface area contributed by atoms with Crippen molar-refractivity contribution in [3.05, 3.63) is 0 Å². The molecular formula is C11H16O7. The van der Waals surface area contributed by atoms with Gasteiger partial charge in [0.1, 0.15) is 6.10 Å². The lowest BCUT2D eigenvalue weighted by Crippen LogP contribution is -2.53. The van der Waals surface area contributed by atoms with Gasteiger partial charge in [-0.25, -0.2) is 4.79 Å². The number of carboxylic acids is 1. The molecule has 0 spiro atoms. The molecule has 0 aromatic carbocycles. The lowest BCUT2D eigenvalue weighted by atomic mass is 9.81. The van der Waals surface area contributed by atoms with Crippen molar-refractivity contribution in [3.63, 3.8) is 0 Å². The Balaban J connectivity index is 2.89. The molecule has 1 fully saturated rings. The Hall–Kier alpha value is -1.63. The van der Waals surface area contributed by atoms with Gasteiger partial charge in [0.2, 0.25) is 5.60 Å². The van der Waals surface area contributed by atoms with Crippen LogP contribution in [0.1, 0.15) is 33.1 Å². The normalized spacial score (nSPS) is 31.5. The third kappa shape index (κ3) is 3.19. The van der Waals surface area contributed by atoms with E-state index in [9.17, 15) is 24.6 Å². The van der Waals surface area contributed by atoms with Crippen molar-refractivity contribution >= 4 is 17.9 Å². The quantitative estimate of drug-likeness (QED) is 0.679. The van der Waals surface area contributed by atoms with Gasteiger partial charge in [-0.05, 0) is 6.42 Å². The van der Waals surface area contributed by atoms with Crippen molar-refractivity contribution in [2.45, 2.75) is 50.9 Å². The van der Waals surface area contributed by atoms with Crippen molar-refractivity contribution in [3.8, 4) is 0 Å². The Bertz CT molecular complexity index is 364. The van der Waals surface area contributed by atoms with E-state index in [1.54, 1.807) is 0 Å². The zero-order chi connectivity index (χ0) is 13.9. The number of aliphatic carboxylic acids is 1. The largest absolute Gasteiger partial charge is 0.478 e. The van der Waals surface area contributed by atoms with E-state index < -0.39 is 35.7 Å². The monoisotopic (exact) mass is 260 g/mol. The van der Waals surface area contributed by atoms with E-state index in [4.69, 9.17) is 9.47 Å². The second-order valence-electron chi connectivity index (χ2n) is 4.35. The number of carbonyl (C=O) groups is 3. The zero-order valence-corrected chi connectivity index (χ0v) is 10.2. The molecule has 0 heterocycles. The highest BCUT2D eigenvalue weighted by Crippen LogP contribution is 2.34. The van der Waals surface area contributed by atoms with Crippen LogP contribution in [0.3, 0.4) is 0 Å². The molecule has 2 N–H and O–H groups in total. The zero-order valence-electron chi connectivity index (χ0n) is 10.2. The van der Waals surface area contributed by atoms with Gasteiger partial charge in [-0.3, -0.25) is 9.59 Å². The number of hydrogen-bond donors (Lipinski definition) is 2. The number of aliphatic hydroxyl groups excluding tert-OH is 1. The average Bonchev–Trinajstić information content (AvgIpc) is 2.21. The summed E-state index contributed by atoms with van der Waals surface area (Å²) >= 11 is 0. The maximum atomic E-state index is 11.3. The third-order valence-electron chi connectivity index (χ3n) is 2.85. The van der Waals surface area contributed by atoms with Crippen molar-refractivity contribution in [1.29, 1.82) is 0 Å². The minimum atomic E-state index is -1.73. The molecule has 1 aliphatic carbocycles. The summed E-state index contributed by atoms with van der Waals surface area (Å²) < 4.78 is 9.71. The number of rotatable bonds is 3. The molecule has 3 atom stereocenters. The Morgan fingerprint density at radius 3 is 2.28 bits per heavy atom. The first-order chi connectivity index (χ1) is 8.27. The number of aliphatic hydroxyl groups is 1. The SMILES string of the molecule is CC(=O)O[C@@H]1C[C@](OC(C)=O)(C(=O)O)CC[C@H]1O. The van der Waals surface area contributed by atoms with Gasteiger partial charge in [-0.15, -0.1) is 0 Å². The van der Waals surface area contributed by atoms with Crippen LogP contribution in [-0.2, 0) is 23.9 Å². The smallest absolute Gasteiger partial charge is 0.348 e. The highest BCUT2D eigenvalue weighted by Gasteiger charge is 2.50. The van der Waals surface area contributed by atoms with Crippen LogP contribution in [0.25, 0.3) is 0 Å². The second-order valence-corrected chi connectivity index (χ2v) is 4.35. The van der Waals surface area contributed by atoms with E-state index in [2.05, 4.69) is 0 Å². The predicted octanol–water partition coefficient (Wildman–Crippen LogP) is -0.151. The van der Waals surface area contributed by atoms with Gasteiger partial charge in [-0.2, -0.15) is 0 Å². The molecule has 0 bridgehead atoms. The Morgan fingerprint density at radius 2 is 1.83 bits per heavy atom. The lowest BCUT2D eigenvalue weighted by molar-refractivity contribution is -0.195. The van der Waals surface area contributed by atoms with Crippen LogP contribution in [0.4, 0.5) is 0 Å². The molecule has 7 nitrogen and oxygen atoms in total. The van der Waals surface area contributed by atoms with E-state index in [0.29, 0.717) is 0 Å². The van der Waals surface area contributed by atoms with Crippen molar-refractivity contribution in [2.24, 2.45) is 0 Å². The first-order valence-electron chi connectivity index (χ1n) is 5.55. The fourth-order valence-electron chi connectivity index (χ4n) is 2.07. The van der Waals surface area contributed by atoms with E-state index >= 15 is 0 Å². The summed E-state index contributed by atoms with van der Waals surface area (Å²) in [6, 6.07) is 0. The van der Waals surface area contributed by atoms with E-state index in [-0.39, 0.29) is 19.3 Å². The highest BCUT2D eigenvalue weighted by atomic mass is 16.6. The maximum absolute atomic E-state index is 11.3. The molecule has 0 saturated heterocycles. The molecule has 0 amide bonds. The Morgan fingerprint density at radius 1 is 1.22 bits per heavy atom. The Kier molecular flexibility index (Phi) is 4.28. The maximum Gasteiger partial charge on any atom is 0.348 e. The number of ether oxygens (including phenoxy) is 2. The number of hydrogen-bond acceptors (Lipinski definition) is 6. The van der Waals surface area contributed by atoms with Crippen molar-refractivity contribution in [1.82, 2.24) is 0 Å². The van der Waals surface area contributed by atoms with Crippen LogP contribution in [0.2, 0.25) is 0 Å². The molecule has 0 radical (unpaired) electrons. The van der Waals surface area contributed by atoms with Crippen LogP contribution in [0.15, 0.2) is 0 Å². The minimum absolute atomic E-state index is 0.0131. The van der Waals surface area contributed by atoms with E-state index in [1.165, 1.54) is 0 Å². The van der Waals surface area contributed by atoms with Gasteiger partial charge in [-0.1, -0.05) is 0 Å². The van der Waals surface area contributed by atoms with Gasteiger partial charge in [0.05, 0.1) is 6.10 Å². The van der Waals surface area contributed by atoms with Crippen LogP contribution in [-0.4, -0.2) is 45.9 Å². The van der Waals surface area contributed by atoms with Crippen LogP contribution in [0, 0.1) is 0 Å². The third-order valence-corrected chi connectivity index (χ3v) is 2.85.